The smallest absolute Gasteiger partial charge is 0.146 e. The SMILES string of the molecule is C=P([O-])(OC[C@H]1O[C@@H]([B]C)C[C@H]1O)O[C@@H]1C[C@H]([B]C)O[C@@H]1CO. The predicted octanol–water partition coefficient (Wildman–Crippen LogP) is -0.969. The van der Waals surface area contributed by atoms with Crippen LogP contribution in [-0.4, -0.2) is 80.7 Å². The van der Waals surface area contributed by atoms with E-state index in [1.165, 1.54) is 0 Å². The van der Waals surface area contributed by atoms with E-state index in [0.717, 1.165) is 0 Å². The van der Waals surface area contributed by atoms with Gasteiger partial charge in [-0.1, -0.05) is 19.9 Å². The van der Waals surface area contributed by atoms with E-state index in [0.29, 0.717) is 12.8 Å². The van der Waals surface area contributed by atoms with Gasteiger partial charge in [-0.3, -0.25) is 0 Å². The van der Waals surface area contributed by atoms with Crippen LogP contribution >= 0.6 is 7.57 Å². The van der Waals surface area contributed by atoms with Gasteiger partial charge in [-0.05, 0) is 12.8 Å². The van der Waals surface area contributed by atoms with Crippen LogP contribution in [0.3, 0.4) is 0 Å². The van der Waals surface area contributed by atoms with Crippen molar-refractivity contribution in [3.05, 3.63) is 0 Å². The fraction of sp³-hybridized carbons (Fsp3) is 0.923. The topological polar surface area (TPSA) is 100 Å². The fourth-order valence-corrected chi connectivity index (χ4v) is 3.85. The zero-order valence-corrected chi connectivity index (χ0v) is 14.4. The lowest BCUT2D eigenvalue weighted by Gasteiger charge is -2.35. The maximum absolute atomic E-state index is 12.4. The van der Waals surface area contributed by atoms with E-state index in [2.05, 4.69) is 6.30 Å². The number of hydrogen-bond acceptors (Lipinski definition) is 7. The van der Waals surface area contributed by atoms with Crippen molar-refractivity contribution in [1.82, 2.24) is 0 Å². The minimum atomic E-state index is -3.59. The van der Waals surface area contributed by atoms with Crippen molar-refractivity contribution in [2.45, 2.75) is 62.9 Å². The summed E-state index contributed by atoms with van der Waals surface area (Å²) in [6.45, 7) is 3.41. The Hall–Kier alpha value is 0.150. The average molecular weight is 345 g/mol. The fourth-order valence-electron chi connectivity index (χ4n) is 2.78. The van der Waals surface area contributed by atoms with E-state index in [1.54, 1.807) is 0 Å². The molecule has 0 saturated carbocycles. The minimum absolute atomic E-state index is 0.0625. The summed E-state index contributed by atoms with van der Waals surface area (Å²) < 4.78 is 21.8. The Balaban J connectivity index is 1.83. The highest BCUT2D eigenvalue weighted by Gasteiger charge is 2.37. The first-order valence-electron chi connectivity index (χ1n) is 7.84. The number of aliphatic hydroxyl groups is 2. The van der Waals surface area contributed by atoms with Crippen LogP contribution in [-0.2, 0) is 18.5 Å². The van der Waals surface area contributed by atoms with E-state index >= 15 is 0 Å². The quantitative estimate of drug-likeness (QED) is 0.431. The van der Waals surface area contributed by atoms with Crippen LogP contribution in [0, 0.1) is 0 Å². The Morgan fingerprint density at radius 1 is 1.22 bits per heavy atom. The molecule has 2 aliphatic rings. The molecule has 10 heteroatoms. The first kappa shape index (κ1) is 19.5. The van der Waals surface area contributed by atoms with Crippen molar-refractivity contribution in [3.63, 3.8) is 0 Å². The summed E-state index contributed by atoms with van der Waals surface area (Å²) in [4.78, 5) is 12.4. The summed E-state index contributed by atoms with van der Waals surface area (Å²) in [5.74, 6) is 0. The molecule has 0 spiro atoms. The summed E-state index contributed by atoms with van der Waals surface area (Å²) in [6, 6.07) is -0.287. The second-order valence-corrected chi connectivity index (χ2v) is 7.56. The maximum Gasteiger partial charge on any atom is 0.146 e. The van der Waals surface area contributed by atoms with E-state index in [-0.39, 0.29) is 25.2 Å². The molecule has 7 nitrogen and oxygen atoms in total. The van der Waals surface area contributed by atoms with Gasteiger partial charge in [0.05, 0.1) is 25.4 Å². The van der Waals surface area contributed by atoms with Crippen LogP contribution in [0.5, 0.6) is 0 Å². The maximum atomic E-state index is 12.4. The molecule has 23 heavy (non-hydrogen) atoms. The summed E-state index contributed by atoms with van der Waals surface area (Å²) in [5, 5.41) is 19.2. The molecule has 0 aromatic rings. The molecule has 1 unspecified atom stereocenters. The van der Waals surface area contributed by atoms with Crippen LogP contribution in [0.4, 0.5) is 0 Å². The lowest BCUT2D eigenvalue weighted by Crippen LogP contribution is -2.31. The van der Waals surface area contributed by atoms with E-state index in [1.807, 2.05) is 28.2 Å². The van der Waals surface area contributed by atoms with Crippen LogP contribution < -0.4 is 4.89 Å². The first-order valence-corrected chi connectivity index (χ1v) is 9.57. The molecule has 2 saturated heterocycles. The first-order chi connectivity index (χ1) is 10.9. The van der Waals surface area contributed by atoms with Crippen molar-refractivity contribution in [2.24, 2.45) is 0 Å². The summed E-state index contributed by atoms with van der Waals surface area (Å²) in [5.41, 5.74) is 0. The molecule has 2 fully saturated rings. The molecule has 0 aliphatic carbocycles. The molecule has 2 radical (unpaired) electrons. The molecule has 0 bridgehead atoms. The lowest BCUT2D eigenvalue weighted by atomic mass is 9.73. The second-order valence-electron chi connectivity index (χ2n) is 5.86. The van der Waals surface area contributed by atoms with Gasteiger partial charge in [0.15, 0.2) is 0 Å². The normalized spacial score (nSPS) is 40.0. The Kier molecular flexibility index (Phi) is 7.19. The molecule has 2 heterocycles. The predicted molar refractivity (Wildman–Crippen MR) is 87.8 cm³/mol. The zero-order chi connectivity index (χ0) is 17.0. The van der Waals surface area contributed by atoms with Gasteiger partial charge < -0.3 is 33.6 Å². The standard InChI is InChI=1S/C13H24B2O7P/c1-14-12-4-8(17)11(21-12)7-19-23(3,18)22-9-5-13(15-2)20-10(9)6-16/h8-13,16-17H,3-7H2,1-2H3/q-1/t8-,9-,10-,11-,12-,13-,23?/m1/s1. The van der Waals surface area contributed by atoms with Crippen molar-refractivity contribution in [1.29, 1.82) is 0 Å². The Bertz CT molecular complexity index is 427. The molecule has 130 valence electrons. The molecule has 2 aliphatic heterocycles. The monoisotopic (exact) mass is 345 g/mol. The summed E-state index contributed by atoms with van der Waals surface area (Å²) >= 11 is 0. The molecule has 0 amide bonds. The van der Waals surface area contributed by atoms with E-state index in [9.17, 15) is 15.1 Å². The largest absolute Gasteiger partial charge is 0.789 e. The third kappa shape index (κ3) is 5.31. The van der Waals surface area contributed by atoms with Gasteiger partial charge in [0, 0.05) is 19.6 Å². The molecule has 7 atom stereocenters. The lowest BCUT2D eigenvalue weighted by molar-refractivity contribution is -0.216. The number of rotatable bonds is 8. The Morgan fingerprint density at radius 3 is 2.39 bits per heavy atom. The minimum Gasteiger partial charge on any atom is -0.789 e. The van der Waals surface area contributed by atoms with E-state index in [4.69, 9.17) is 18.5 Å². The molecule has 0 aromatic carbocycles. The second kappa shape index (κ2) is 8.50. The molecular weight excluding hydrogens is 321 g/mol. The van der Waals surface area contributed by atoms with Crippen molar-refractivity contribution < 1.29 is 33.6 Å². The van der Waals surface area contributed by atoms with Crippen molar-refractivity contribution >= 4 is 28.4 Å². The van der Waals surface area contributed by atoms with Crippen LogP contribution in [0.1, 0.15) is 12.8 Å². The summed E-state index contributed by atoms with van der Waals surface area (Å²) in [7, 11) is 0.113. The van der Waals surface area contributed by atoms with E-state index < -0.39 is 32.0 Å². The van der Waals surface area contributed by atoms with Crippen molar-refractivity contribution in [3.8, 4) is 0 Å². The number of aliphatic hydroxyl groups excluding tert-OH is 2. The van der Waals surface area contributed by atoms with Crippen LogP contribution in [0.2, 0.25) is 13.6 Å². The zero-order valence-electron chi connectivity index (χ0n) is 13.5. The molecule has 0 aromatic heterocycles. The van der Waals surface area contributed by atoms with Crippen LogP contribution in [0.25, 0.3) is 0 Å². The van der Waals surface area contributed by atoms with Gasteiger partial charge >= 0.3 is 0 Å². The van der Waals surface area contributed by atoms with Gasteiger partial charge in [-0.25, -0.2) is 0 Å². The highest BCUT2D eigenvalue weighted by molar-refractivity contribution is 7.57. The third-order valence-corrected chi connectivity index (χ3v) is 5.27. The highest BCUT2D eigenvalue weighted by atomic mass is 31.2. The van der Waals surface area contributed by atoms with Crippen molar-refractivity contribution in [2.75, 3.05) is 13.2 Å². The number of hydrogen-bond donors (Lipinski definition) is 2. The van der Waals surface area contributed by atoms with Gasteiger partial charge in [-0.15, -0.1) is 0 Å². The van der Waals surface area contributed by atoms with Gasteiger partial charge in [0.1, 0.15) is 26.8 Å². The van der Waals surface area contributed by atoms with Gasteiger partial charge in [-0.2, -0.15) is 0 Å². The average Bonchev–Trinajstić information content (AvgIpc) is 3.07. The van der Waals surface area contributed by atoms with Crippen LogP contribution in [0.15, 0.2) is 0 Å². The van der Waals surface area contributed by atoms with Gasteiger partial charge in [0.2, 0.25) is 0 Å². The molecule has 2 N–H and O–H groups in total. The summed E-state index contributed by atoms with van der Waals surface area (Å²) in [6.07, 6.45) is 2.15. The van der Waals surface area contributed by atoms with Gasteiger partial charge in [0.25, 0.3) is 0 Å². The highest BCUT2D eigenvalue weighted by Crippen LogP contribution is 2.43. The Labute approximate surface area is 139 Å². The Morgan fingerprint density at radius 2 is 1.83 bits per heavy atom. The molecular formula is C13H24B2O7P-. The number of ether oxygens (including phenoxy) is 2. The third-order valence-electron chi connectivity index (χ3n) is 4.14. The molecule has 2 rings (SSSR count).